The number of nitrogens with zero attached hydrogens (tertiary/aromatic N) is 1. The number of carboxylic acid groups (broad SMARTS) is 1. The van der Waals surface area contributed by atoms with Gasteiger partial charge in [-0.1, -0.05) is 0 Å². The Morgan fingerprint density at radius 1 is 0.971 bits per heavy atom. The molecule has 1 N–H and O–H groups in total. The SMILES string of the molecule is COc1ccc2c(c1)c(CCC(=O)O)cn2Sc1ccc(Oc2ccc(C(F)(F)F)cc2)cc1. The number of hydrogen-bond donors (Lipinski definition) is 1. The molecule has 0 unspecified atom stereocenters. The summed E-state index contributed by atoms with van der Waals surface area (Å²) in [5.74, 6) is 0.631. The fourth-order valence-corrected chi connectivity index (χ4v) is 4.34. The second-order valence-electron chi connectivity index (χ2n) is 7.44. The summed E-state index contributed by atoms with van der Waals surface area (Å²) in [7, 11) is 1.58. The first-order valence-electron chi connectivity index (χ1n) is 10.3. The van der Waals surface area contributed by atoms with Crippen molar-refractivity contribution < 1.29 is 32.5 Å². The van der Waals surface area contributed by atoms with Crippen LogP contribution >= 0.6 is 11.9 Å². The molecule has 4 rings (SSSR count). The molecule has 0 fully saturated rings. The Hall–Kier alpha value is -3.59. The highest BCUT2D eigenvalue weighted by Crippen LogP contribution is 2.34. The average molecular weight is 487 g/mol. The molecule has 0 saturated heterocycles. The van der Waals surface area contributed by atoms with Crippen molar-refractivity contribution in [3.63, 3.8) is 0 Å². The van der Waals surface area contributed by atoms with Gasteiger partial charge in [-0.3, -0.25) is 8.77 Å². The van der Waals surface area contributed by atoms with E-state index < -0.39 is 17.7 Å². The van der Waals surface area contributed by atoms with Gasteiger partial charge >= 0.3 is 12.1 Å². The number of methoxy groups -OCH3 is 1. The molecule has 0 atom stereocenters. The molecule has 4 aromatic rings. The molecule has 1 heterocycles. The fourth-order valence-electron chi connectivity index (χ4n) is 3.42. The highest BCUT2D eigenvalue weighted by Gasteiger charge is 2.30. The van der Waals surface area contributed by atoms with Crippen molar-refractivity contribution in [2.75, 3.05) is 7.11 Å². The Bertz CT molecular complexity index is 1300. The van der Waals surface area contributed by atoms with Gasteiger partial charge in [0.2, 0.25) is 0 Å². The Labute approximate surface area is 197 Å². The summed E-state index contributed by atoms with van der Waals surface area (Å²) >= 11 is 1.45. The lowest BCUT2D eigenvalue weighted by Gasteiger charge is -2.10. The second kappa shape index (κ2) is 9.72. The zero-order valence-electron chi connectivity index (χ0n) is 18.0. The van der Waals surface area contributed by atoms with Crippen LogP contribution in [0.1, 0.15) is 17.5 Å². The standard InChI is InChI=1S/C25H20F3NO4S/c1-32-20-9-12-23-22(14-20)16(2-13-24(30)31)15-29(23)34-21-10-7-19(8-11-21)33-18-5-3-17(4-6-18)25(26,27)28/h3-12,14-15H,2,13H2,1H3,(H,30,31). The number of fused-ring (bicyclic) bond motifs is 1. The van der Waals surface area contributed by atoms with Crippen LogP contribution in [-0.2, 0) is 17.4 Å². The van der Waals surface area contributed by atoms with Crippen molar-refractivity contribution in [2.24, 2.45) is 0 Å². The smallest absolute Gasteiger partial charge is 0.416 e. The van der Waals surface area contributed by atoms with E-state index >= 15 is 0 Å². The molecule has 3 aromatic carbocycles. The van der Waals surface area contributed by atoms with E-state index in [4.69, 9.17) is 14.6 Å². The molecule has 0 bridgehead atoms. The summed E-state index contributed by atoms with van der Waals surface area (Å²) in [6.07, 6.45) is -2.05. The molecule has 0 aliphatic heterocycles. The number of carbonyl (C=O) groups is 1. The molecule has 176 valence electrons. The number of alkyl halides is 3. The summed E-state index contributed by atoms with van der Waals surface area (Å²) in [4.78, 5) is 12.0. The summed E-state index contributed by atoms with van der Waals surface area (Å²) in [5.41, 5.74) is 1.10. The maximum atomic E-state index is 12.7. The van der Waals surface area contributed by atoms with Crippen LogP contribution in [0.3, 0.4) is 0 Å². The summed E-state index contributed by atoms with van der Waals surface area (Å²) in [5, 5.41) is 10.00. The third kappa shape index (κ3) is 5.48. The molecule has 34 heavy (non-hydrogen) atoms. The van der Waals surface area contributed by atoms with Crippen molar-refractivity contribution in [2.45, 2.75) is 23.9 Å². The number of rotatable bonds is 8. The topological polar surface area (TPSA) is 60.7 Å². The molecule has 1 aromatic heterocycles. The molecular formula is C25H20F3NO4S. The average Bonchev–Trinajstić information content (AvgIpc) is 3.15. The van der Waals surface area contributed by atoms with E-state index in [0.717, 1.165) is 33.5 Å². The van der Waals surface area contributed by atoms with Gasteiger partial charge in [-0.25, -0.2) is 0 Å². The molecule has 0 saturated carbocycles. The fraction of sp³-hybridized carbons (Fsp3) is 0.160. The summed E-state index contributed by atoms with van der Waals surface area (Å²) in [6.45, 7) is 0. The van der Waals surface area contributed by atoms with E-state index in [0.29, 0.717) is 23.7 Å². The number of hydrogen-bond acceptors (Lipinski definition) is 4. The van der Waals surface area contributed by atoms with E-state index in [1.54, 1.807) is 19.2 Å². The van der Waals surface area contributed by atoms with Crippen LogP contribution in [-0.4, -0.2) is 22.2 Å². The minimum Gasteiger partial charge on any atom is -0.497 e. The largest absolute Gasteiger partial charge is 0.497 e. The number of carboxylic acids is 1. The van der Waals surface area contributed by atoms with Crippen molar-refractivity contribution in [3.05, 3.63) is 84.1 Å². The Morgan fingerprint density at radius 2 is 1.59 bits per heavy atom. The number of benzene rings is 3. The number of aromatic nitrogens is 1. The van der Waals surface area contributed by atoms with Crippen LogP contribution in [0.25, 0.3) is 10.9 Å². The number of ether oxygens (including phenoxy) is 2. The molecular weight excluding hydrogens is 467 g/mol. The molecule has 0 radical (unpaired) electrons. The quantitative estimate of drug-likeness (QED) is 0.289. The van der Waals surface area contributed by atoms with Crippen molar-refractivity contribution >= 4 is 28.8 Å². The molecule has 5 nitrogen and oxygen atoms in total. The van der Waals surface area contributed by atoms with Crippen LogP contribution in [0, 0.1) is 0 Å². The van der Waals surface area contributed by atoms with Gasteiger partial charge in [0.15, 0.2) is 0 Å². The predicted octanol–water partition coefficient (Wildman–Crippen LogP) is 7.03. The van der Waals surface area contributed by atoms with E-state index in [1.165, 1.54) is 24.1 Å². The Morgan fingerprint density at radius 3 is 2.18 bits per heavy atom. The summed E-state index contributed by atoms with van der Waals surface area (Å²) < 4.78 is 51.1. The van der Waals surface area contributed by atoms with Crippen LogP contribution < -0.4 is 9.47 Å². The van der Waals surface area contributed by atoms with Crippen molar-refractivity contribution in [1.29, 1.82) is 0 Å². The minimum absolute atomic E-state index is 0.0248. The van der Waals surface area contributed by atoms with Crippen molar-refractivity contribution in [3.8, 4) is 17.2 Å². The molecule has 0 aliphatic rings. The molecule has 9 heteroatoms. The van der Waals surface area contributed by atoms with Gasteiger partial charge in [-0.15, -0.1) is 0 Å². The molecule has 0 aliphatic carbocycles. The third-order valence-corrected chi connectivity index (χ3v) is 6.10. The molecule has 0 spiro atoms. The maximum absolute atomic E-state index is 12.7. The maximum Gasteiger partial charge on any atom is 0.416 e. The first kappa shape index (κ1) is 23.6. The first-order valence-corrected chi connectivity index (χ1v) is 11.0. The Balaban J connectivity index is 1.51. The van der Waals surface area contributed by atoms with E-state index in [9.17, 15) is 18.0 Å². The van der Waals surface area contributed by atoms with E-state index in [1.807, 2.05) is 40.5 Å². The Kier molecular flexibility index (Phi) is 6.74. The van der Waals surface area contributed by atoms with Crippen LogP contribution in [0.2, 0.25) is 0 Å². The number of halogens is 3. The lowest BCUT2D eigenvalue weighted by molar-refractivity contribution is -0.138. The van der Waals surface area contributed by atoms with Crippen molar-refractivity contribution in [1.82, 2.24) is 3.97 Å². The van der Waals surface area contributed by atoms with Gasteiger partial charge in [-0.2, -0.15) is 13.2 Å². The zero-order valence-corrected chi connectivity index (χ0v) is 18.8. The van der Waals surface area contributed by atoms with Crippen LogP contribution in [0.5, 0.6) is 17.2 Å². The van der Waals surface area contributed by atoms with Gasteiger partial charge in [0, 0.05) is 22.9 Å². The van der Waals surface area contributed by atoms with Crippen LogP contribution in [0.4, 0.5) is 13.2 Å². The monoisotopic (exact) mass is 487 g/mol. The molecule has 0 amide bonds. The van der Waals surface area contributed by atoms with Crippen LogP contribution in [0.15, 0.2) is 77.8 Å². The van der Waals surface area contributed by atoms with Gasteiger partial charge in [0.05, 0.1) is 18.2 Å². The van der Waals surface area contributed by atoms with E-state index in [-0.39, 0.29) is 6.42 Å². The van der Waals surface area contributed by atoms with Gasteiger partial charge < -0.3 is 14.6 Å². The summed E-state index contributed by atoms with van der Waals surface area (Å²) in [6, 6.07) is 17.3. The first-order chi connectivity index (χ1) is 16.2. The highest BCUT2D eigenvalue weighted by atomic mass is 32.2. The predicted molar refractivity (Wildman–Crippen MR) is 124 cm³/mol. The normalized spacial score (nSPS) is 11.5. The highest BCUT2D eigenvalue weighted by molar-refractivity contribution is 7.98. The minimum atomic E-state index is -4.39. The second-order valence-corrected chi connectivity index (χ2v) is 8.49. The third-order valence-electron chi connectivity index (χ3n) is 5.11. The number of aliphatic carboxylic acids is 1. The van der Waals surface area contributed by atoms with Gasteiger partial charge in [0.25, 0.3) is 0 Å². The zero-order chi connectivity index (χ0) is 24.3. The van der Waals surface area contributed by atoms with Gasteiger partial charge in [-0.05, 0) is 90.7 Å². The number of aryl methyl sites for hydroxylation is 1. The van der Waals surface area contributed by atoms with Gasteiger partial charge in [0.1, 0.15) is 17.2 Å². The lowest BCUT2D eigenvalue weighted by Crippen LogP contribution is -2.03. The lowest BCUT2D eigenvalue weighted by atomic mass is 10.1. The van der Waals surface area contributed by atoms with E-state index in [2.05, 4.69) is 0 Å².